The summed E-state index contributed by atoms with van der Waals surface area (Å²) in [5.74, 6) is -3.17. The molecule has 0 aliphatic heterocycles. The molecule has 0 radical (unpaired) electrons. The Morgan fingerprint density at radius 2 is 1.52 bits per heavy atom. The Labute approximate surface area is 153 Å². The molecule has 0 saturated carbocycles. The maximum Gasteiger partial charge on any atom is 0.342 e. The molecule has 0 spiro atoms. The van der Waals surface area contributed by atoms with Gasteiger partial charge in [-0.3, -0.25) is 9.59 Å². The van der Waals surface area contributed by atoms with E-state index in [0.29, 0.717) is 0 Å². The van der Waals surface area contributed by atoms with Gasteiger partial charge in [-0.05, 0) is 18.6 Å². The monoisotopic (exact) mass is 372 g/mol. The van der Waals surface area contributed by atoms with Gasteiger partial charge in [0.15, 0.2) is 23.1 Å². The molecule has 8 nitrogen and oxygen atoms in total. The van der Waals surface area contributed by atoms with Crippen molar-refractivity contribution >= 4 is 17.5 Å². The third kappa shape index (κ3) is 2.41. The number of hydrogen-bond donors (Lipinski definition) is 2. The number of fused-ring (bicyclic) bond motifs is 2. The first kappa shape index (κ1) is 18.2. The molecule has 1 aliphatic rings. The number of ketones is 2. The summed E-state index contributed by atoms with van der Waals surface area (Å²) in [6.07, 6.45) is 0. The van der Waals surface area contributed by atoms with Gasteiger partial charge in [0.2, 0.25) is 0 Å². The predicted octanol–water partition coefficient (Wildman–Crippen LogP) is 1.99. The minimum atomic E-state index is -0.772. The van der Waals surface area contributed by atoms with Crippen molar-refractivity contribution in [1.82, 2.24) is 0 Å². The summed E-state index contributed by atoms with van der Waals surface area (Å²) >= 11 is 0. The normalized spacial score (nSPS) is 12.3. The fraction of sp³-hybridized carbons (Fsp3) is 0.211. The van der Waals surface area contributed by atoms with E-state index < -0.39 is 23.3 Å². The molecule has 0 heterocycles. The molecule has 0 unspecified atom stereocenters. The first-order chi connectivity index (χ1) is 12.8. The topological polar surface area (TPSA) is 119 Å². The van der Waals surface area contributed by atoms with Crippen molar-refractivity contribution in [2.75, 3.05) is 21.3 Å². The van der Waals surface area contributed by atoms with Gasteiger partial charge in [0.1, 0.15) is 17.1 Å². The second-order valence-electron chi connectivity index (χ2n) is 5.85. The van der Waals surface area contributed by atoms with Crippen LogP contribution in [0.25, 0.3) is 0 Å². The van der Waals surface area contributed by atoms with Gasteiger partial charge < -0.3 is 24.4 Å². The molecule has 2 aromatic rings. The quantitative estimate of drug-likeness (QED) is 0.670. The summed E-state index contributed by atoms with van der Waals surface area (Å²) in [4.78, 5) is 38.5. The average molecular weight is 372 g/mol. The third-order valence-corrected chi connectivity index (χ3v) is 4.49. The molecule has 0 fully saturated rings. The van der Waals surface area contributed by atoms with Crippen LogP contribution in [0.3, 0.4) is 0 Å². The van der Waals surface area contributed by atoms with E-state index in [1.54, 1.807) is 0 Å². The molecule has 0 bridgehead atoms. The predicted molar refractivity (Wildman–Crippen MR) is 92.3 cm³/mol. The summed E-state index contributed by atoms with van der Waals surface area (Å²) < 4.78 is 15.3. The first-order valence-electron chi connectivity index (χ1n) is 7.80. The van der Waals surface area contributed by atoms with Crippen LogP contribution in [0, 0.1) is 6.92 Å². The molecule has 140 valence electrons. The fourth-order valence-electron chi connectivity index (χ4n) is 3.35. The van der Waals surface area contributed by atoms with E-state index in [-0.39, 0.29) is 50.6 Å². The van der Waals surface area contributed by atoms with Crippen molar-refractivity contribution in [2.45, 2.75) is 6.92 Å². The van der Waals surface area contributed by atoms with Gasteiger partial charge in [0, 0.05) is 17.2 Å². The number of rotatable bonds is 3. The van der Waals surface area contributed by atoms with E-state index >= 15 is 0 Å². The van der Waals surface area contributed by atoms with Gasteiger partial charge in [0.05, 0.1) is 32.5 Å². The van der Waals surface area contributed by atoms with Gasteiger partial charge in [0.25, 0.3) is 0 Å². The van der Waals surface area contributed by atoms with Crippen LogP contribution in [0.15, 0.2) is 12.1 Å². The zero-order valence-corrected chi connectivity index (χ0v) is 15.0. The Morgan fingerprint density at radius 1 is 0.889 bits per heavy atom. The summed E-state index contributed by atoms with van der Waals surface area (Å²) in [7, 11) is 3.72. The molecule has 8 heteroatoms. The number of carbonyl (C=O) groups is 3. The third-order valence-electron chi connectivity index (χ3n) is 4.49. The molecule has 2 aromatic carbocycles. The first-order valence-corrected chi connectivity index (χ1v) is 7.80. The highest BCUT2D eigenvalue weighted by atomic mass is 16.5. The lowest BCUT2D eigenvalue weighted by Crippen LogP contribution is -2.25. The summed E-state index contributed by atoms with van der Waals surface area (Å²) in [6.45, 7) is 1.47. The van der Waals surface area contributed by atoms with Crippen LogP contribution in [0.2, 0.25) is 0 Å². The lowest BCUT2D eigenvalue weighted by atomic mass is 9.79. The molecule has 0 aromatic heterocycles. The highest BCUT2D eigenvalue weighted by molar-refractivity contribution is 6.31. The number of hydrogen-bond acceptors (Lipinski definition) is 8. The Hall–Kier alpha value is -3.55. The number of esters is 1. The molecule has 3 rings (SSSR count). The van der Waals surface area contributed by atoms with Crippen LogP contribution in [0.5, 0.6) is 23.0 Å². The zero-order chi connectivity index (χ0) is 20.0. The smallest absolute Gasteiger partial charge is 0.342 e. The lowest BCUT2D eigenvalue weighted by molar-refractivity contribution is 0.0595. The van der Waals surface area contributed by atoms with Crippen LogP contribution in [0.4, 0.5) is 0 Å². The Bertz CT molecular complexity index is 1020. The van der Waals surface area contributed by atoms with E-state index in [4.69, 9.17) is 14.2 Å². The maximum absolute atomic E-state index is 13.1. The van der Waals surface area contributed by atoms with Gasteiger partial charge in [-0.2, -0.15) is 0 Å². The highest BCUT2D eigenvalue weighted by Crippen LogP contribution is 2.46. The summed E-state index contributed by atoms with van der Waals surface area (Å²) in [5, 5.41) is 19.8. The second-order valence-corrected chi connectivity index (χ2v) is 5.85. The number of phenols is 2. The molecule has 1 aliphatic carbocycles. The Balaban J connectivity index is 2.49. The Kier molecular flexibility index (Phi) is 4.27. The number of phenolic OH excluding ortho intramolecular Hbond substituents is 2. The molecule has 0 saturated heterocycles. The number of ether oxygens (including phenoxy) is 3. The largest absolute Gasteiger partial charge is 0.508 e. The molecule has 27 heavy (non-hydrogen) atoms. The maximum atomic E-state index is 13.1. The second kappa shape index (κ2) is 6.31. The number of methoxy groups -OCH3 is 3. The van der Waals surface area contributed by atoms with Crippen LogP contribution in [-0.2, 0) is 4.74 Å². The van der Waals surface area contributed by atoms with E-state index in [0.717, 1.165) is 12.1 Å². The van der Waals surface area contributed by atoms with E-state index in [2.05, 4.69) is 0 Å². The van der Waals surface area contributed by atoms with Gasteiger partial charge >= 0.3 is 5.97 Å². The van der Waals surface area contributed by atoms with E-state index in [1.165, 1.54) is 28.3 Å². The standard InChI is InChI=1S/C19H16O8/c1-7-11-14(18(26-3)17(25-2)12(7)19(24)27-4)15(22)9-5-8(20)6-10(21)13(9)16(11)23/h5-6,20-21H,1-4H3. The fourth-order valence-corrected chi connectivity index (χ4v) is 3.35. The van der Waals surface area contributed by atoms with Crippen LogP contribution >= 0.6 is 0 Å². The van der Waals surface area contributed by atoms with Crippen LogP contribution in [-0.4, -0.2) is 49.1 Å². The van der Waals surface area contributed by atoms with Crippen molar-refractivity contribution in [3.05, 3.63) is 45.5 Å². The SMILES string of the molecule is COC(=O)c1c(C)c2c(c(OC)c1OC)C(=O)c1cc(O)cc(O)c1C2=O. The minimum Gasteiger partial charge on any atom is -0.508 e. The van der Waals surface area contributed by atoms with Crippen molar-refractivity contribution in [3.8, 4) is 23.0 Å². The summed E-state index contributed by atoms with van der Waals surface area (Å²) in [6, 6.07) is 2.06. The van der Waals surface area contributed by atoms with Gasteiger partial charge in [-0.15, -0.1) is 0 Å². The van der Waals surface area contributed by atoms with Crippen molar-refractivity contribution < 1.29 is 38.8 Å². The van der Waals surface area contributed by atoms with E-state index in [1.807, 2.05) is 0 Å². The van der Waals surface area contributed by atoms with Crippen molar-refractivity contribution in [1.29, 1.82) is 0 Å². The molecular formula is C19H16O8. The summed E-state index contributed by atoms with van der Waals surface area (Å²) in [5.41, 5.74) is -0.523. The minimum absolute atomic E-state index is 0.0467. The molecule has 0 atom stereocenters. The molecule has 2 N–H and O–H groups in total. The molecule has 0 amide bonds. The molecular weight excluding hydrogens is 356 g/mol. The average Bonchev–Trinajstić information content (AvgIpc) is 2.63. The highest BCUT2D eigenvalue weighted by Gasteiger charge is 2.40. The van der Waals surface area contributed by atoms with Crippen LogP contribution in [0.1, 0.15) is 47.8 Å². The Morgan fingerprint density at radius 3 is 2.07 bits per heavy atom. The van der Waals surface area contributed by atoms with Crippen molar-refractivity contribution in [3.63, 3.8) is 0 Å². The van der Waals surface area contributed by atoms with E-state index in [9.17, 15) is 24.6 Å². The van der Waals surface area contributed by atoms with Crippen LogP contribution < -0.4 is 9.47 Å². The van der Waals surface area contributed by atoms with Crippen molar-refractivity contribution in [2.24, 2.45) is 0 Å². The zero-order valence-electron chi connectivity index (χ0n) is 15.0. The number of aromatic hydroxyl groups is 2. The van der Waals surface area contributed by atoms with Gasteiger partial charge in [-0.25, -0.2) is 4.79 Å². The number of benzene rings is 2. The van der Waals surface area contributed by atoms with Gasteiger partial charge in [-0.1, -0.05) is 0 Å². The number of carbonyl (C=O) groups excluding carboxylic acids is 3. The lowest BCUT2D eigenvalue weighted by Gasteiger charge is -2.25.